The topological polar surface area (TPSA) is 84.7 Å². The first-order valence-corrected chi connectivity index (χ1v) is 7.83. The molecule has 1 aliphatic heterocycles. The second kappa shape index (κ2) is 9.44. The maximum absolute atomic E-state index is 12.5. The van der Waals surface area contributed by atoms with Gasteiger partial charge in [-0.3, -0.25) is 14.9 Å². The van der Waals surface area contributed by atoms with Crippen LogP contribution in [0.15, 0.2) is 18.2 Å². The second-order valence-corrected chi connectivity index (χ2v) is 5.77. The Kier molecular flexibility index (Phi) is 7.94. The van der Waals surface area contributed by atoms with E-state index < -0.39 is 4.92 Å². The predicted octanol–water partition coefficient (Wildman–Crippen LogP) is 2.49. The third kappa shape index (κ3) is 4.82. The highest BCUT2D eigenvalue weighted by molar-refractivity contribution is 5.95. The lowest BCUT2D eigenvalue weighted by Crippen LogP contribution is -2.39. The van der Waals surface area contributed by atoms with Crippen molar-refractivity contribution in [3.63, 3.8) is 0 Å². The molecule has 1 N–H and O–H groups in total. The Morgan fingerprint density at radius 3 is 2.62 bits per heavy atom. The molecular weight excluding hydrogens is 334 g/mol. The van der Waals surface area contributed by atoms with E-state index in [9.17, 15) is 14.9 Å². The number of carbonyl (C=O) groups is 1. The monoisotopic (exact) mass is 357 g/mol. The largest absolute Gasteiger partial charge is 0.490 e. The number of nitrogens with zero attached hydrogens (tertiary/aromatic N) is 2. The van der Waals surface area contributed by atoms with Crippen LogP contribution >= 0.6 is 12.4 Å². The summed E-state index contributed by atoms with van der Waals surface area (Å²) in [6.07, 6.45) is 3.07. The molecule has 1 heterocycles. The van der Waals surface area contributed by atoms with Gasteiger partial charge in [0.1, 0.15) is 0 Å². The van der Waals surface area contributed by atoms with E-state index in [-0.39, 0.29) is 29.8 Å². The summed E-state index contributed by atoms with van der Waals surface area (Å²) in [5.41, 5.74) is 0.161. The maximum Gasteiger partial charge on any atom is 0.311 e. The third-order valence-corrected chi connectivity index (χ3v) is 4.33. The van der Waals surface area contributed by atoms with Crippen LogP contribution in [0.5, 0.6) is 5.75 Å². The van der Waals surface area contributed by atoms with Gasteiger partial charge in [-0.2, -0.15) is 0 Å². The molecule has 24 heavy (non-hydrogen) atoms. The minimum absolute atomic E-state index is 0. The van der Waals surface area contributed by atoms with Gasteiger partial charge in [0, 0.05) is 24.7 Å². The van der Waals surface area contributed by atoms with Crippen molar-refractivity contribution in [2.45, 2.75) is 19.3 Å². The summed E-state index contributed by atoms with van der Waals surface area (Å²) in [6.45, 7) is 2.39. The molecule has 0 aromatic heterocycles. The molecule has 0 radical (unpaired) electrons. The minimum Gasteiger partial charge on any atom is -0.490 e. The van der Waals surface area contributed by atoms with Crippen molar-refractivity contribution < 1.29 is 14.5 Å². The number of halogens is 1. The molecule has 8 heteroatoms. The molecule has 0 bridgehead atoms. The number of piperidine rings is 1. The number of carbonyl (C=O) groups excluding carboxylic acids is 1. The molecule has 0 atom stereocenters. The minimum atomic E-state index is -0.528. The van der Waals surface area contributed by atoms with Gasteiger partial charge in [-0.05, 0) is 50.9 Å². The van der Waals surface area contributed by atoms with E-state index in [4.69, 9.17) is 4.74 Å². The summed E-state index contributed by atoms with van der Waals surface area (Å²) >= 11 is 0. The van der Waals surface area contributed by atoms with Crippen molar-refractivity contribution in [3.05, 3.63) is 33.9 Å². The van der Waals surface area contributed by atoms with Gasteiger partial charge in [0.25, 0.3) is 5.91 Å². The number of rotatable bonds is 6. The number of likely N-dealkylation sites (tertiary alicyclic amines) is 1. The van der Waals surface area contributed by atoms with E-state index in [0.717, 1.165) is 25.8 Å². The normalized spacial score (nSPS) is 14.8. The maximum atomic E-state index is 12.5. The fourth-order valence-corrected chi connectivity index (χ4v) is 2.92. The fraction of sp³-hybridized carbons (Fsp3) is 0.562. The van der Waals surface area contributed by atoms with Crippen molar-refractivity contribution in [1.29, 1.82) is 0 Å². The van der Waals surface area contributed by atoms with Crippen molar-refractivity contribution >= 4 is 24.0 Å². The van der Waals surface area contributed by atoms with Gasteiger partial charge >= 0.3 is 5.69 Å². The van der Waals surface area contributed by atoms with Gasteiger partial charge in [0.15, 0.2) is 5.75 Å². The highest BCUT2D eigenvalue weighted by Gasteiger charge is 2.25. The van der Waals surface area contributed by atoms with Crippen LogP contribution in [0.25, 0.3) is 0 Å². The first kappa shape index (κ1) is 20.2. The average molecular weight is 358 g/mol. The molecule has 1 saturated heterocycles. The zero-order chi connectivity index (χ0) is 16.8. The highest BCUT2D eigenvalue weighted by Crippen LogP contribution is 2.29. The number of nitro benzene ring substituents is 1. The molecular formula is C16H24ClN3O4. The quantitative estimate of drug-likeness (QED) is 0.624. The molecule has 2 rings (SSSR count). The predicted molar refractivity (Wildman–Crippen MR) is 94.1 cm³/mol. The molecule has 1 aromatic carbocycles. The van der Waals surface area contributed by atoms with Gasteiger partial charge in [-0.15, -0.1) is 12.4 Å². The van der Waals surface area contributed by atoms with Gasteiger partial charge < -0.3 is 15.0 Å². The zero-order valence-corrected chi connectivity index (χ0v) is 14.8. The Morgan fingerprint density at radius 2 is 2.08 bits per heavy atom. The zero-order valence-electron chi connectivity index (χ0n) is 14.0. The van der Waals surface area contributed by atoms with Crippen molar-refractivity contribution in [2.75, 3.05) is 33.8 Å². The van der Waals surface area contributed by atoms with E-state index >= 15 is 0 Å². The van der Waals surface area contributed by atoms with Crippen LogP contribution in [0.4, 0.5) is 5.69 Å². The lowest BCUT2D eigenvalue weighted by atomic mass is 9.93. The SMILES string of the molecule is CNCCC1CCN(C(=O)c2ccc(OC)c([N+](=O)[O-])c2)CC1.Cl. The summed E-state index contributed by atoms with van der Waals surface area (Å²) < 4.78 is 4.97. The summed E-state index contributed by atoms with van der Waals surface area (Å²) in [7, 11) is 3.31. The van der Waals surface area contributed by atoms with Crippen LogP contribution < -0.4 is 10.1 Å². The smallest absolute Gasteiger partial charge is 0.311 e. The molecule has 1 amide bonds. The van der Waals surface area contributed by atoms with Crippen LogP contribution in [0.1, 0.15) is 29.6 Å². The van der Waals surface area contributed by atoms with Gasteiger partial charge in [-0.1, -0.05) is 0 Å². The number of hydrogen-bond acceptors (Lipinski definition) is 5. The van der Waals surface area contributed by atoms with E-state index in [2.05, 4.69) is 5.32 Å². The van der Waals surface area contributed by atoms with E-state index in [1.165, 1.54) is 19.2 Å². The molecule has 0 aliphatic carbocycles. The first-order chi connectivity index (χ1) is 11.1. The molecule has 134 valence electrons. The van der Waals surface area contributed by atoms with Crippen molar-refractivity contribution in [3.8, 4) is 5.75 Å². The Bertz CT molecular complexity index is 574. The molecule has 1 fully saturated rings. The third-order valence-electron chi connectivity index (χ3n) is 4.33. The summed E-state index contributed by atoms with van der Waals surface area (Å²) in [5, 5.41) is 14.2. The molecule has 7 nitrogen and oxygen atoms in total. The number of ether oxygens (including phenoxy) is 1. The van der Waals surface area contributed by atoms with Crippen LogP contribution in [0.2, 0.25) is 0 Å². The number of benzene rings is 1. The van der Waals surface area contributed by atoms with E-state index in [1.807, 2.05) is 7.05 Å². The average Bonchev–Trinajstić information content (AvgIpc) is 2.59. The number of nitro groups is 1. The number of amides is 1. The van der Waals surface area contributed by atoms with Gasteiger partial charge in [0.05, 0.1) is 12.0 Å². The molecule has 0 spiro atoms. The number of methoxy groups -OCH3 is 1. The Balaban J connectivity index is 0.00000288. The second-order valence-electron chi connectivity index (χ2n) is 5.77. The van der Waals surface area contributed by atoms with E-state index in [1.54, 1.807) is 11.0 Å². The first-order valence-electron chi connectivity index (χ1n) is 7.83. The fourth-order valence-electron chi connectivity index (χ4n) is 2.92. The molecule has 0 saturated carbocycles. The standard InChI is InChI=1S/C16H23N3O4.ClH/c1-17-8-5-12-6-9-18(10-7-12)16(20)13-3-4-15(23-2)14(11-13)19(21)22;/h3-4,11-12,17H,5-10H2,1-2H3;1H. The summed E-state index contributed by atoms with van der Waals surface area (Å²) in [4.78, 5) is 24.9. The Labute approximate surface area is 147 Å². The Hall–Kier alpha value is -1.86. The molecule has 0 unspecified atom stereocenters. The van der Waals surface area contributed by atoms with Gasteiger partial charge in [-0.25, -0.2) is 0 Å². The lowest BCUT2D eigenvalue weighted by molar-refractivity contribution is -0.385. The van der Waals surface area contributed by atoms with E-state index in [0.29, 0.717) is 24.6 Å². The van der Waals surface area contributed by atoms with Gasteiger partial charge in [0.2, 0.25) is 0 Å². The summed E-state index contributed by atoms with van der Waals surface area (Å²) in [5.74, 6) is 0.650. The highest BCUT2D eigenvalue weighted by atomic mass is 35.5. The van der Waals surface area contributed by atoms with Crippen LogP contribution in [-0.2, 0) is 0 Å². The molecule has 1 aromatic rings. The van der Waals surface area contributed by atoms with Crippen molar-refractivity contribution in [1.82, 2.24) is 10.2 Å². The summed E-state index contributed by atoms with van der Waals surface area (Å²) in [6, 6.07) is 4.36. The Morgan fingerprint density at radius 1 is 1.42 bits per heavy atom. The number of hydrogen-bond donors (Lipinski definition) is 1. The number of nitrogens with one attached hydrogen (secondary N) is 1. The van der Waals surface area contributed by atoms with Crippen LogP contribution in [0, 0.1) is 16.0 Å². The molecule has 1 aliphatic rings. The van der Waals surface area contributed by atoms with Crippen molar-refractivity contribution in [2.24, 2.45) is 5.92 Å². The van der Waals surface area contributed by atoms with Crippen LogP contribution in [0.3, 0.4) is 0 Å². The van der Waals surface area contributed by atoms with Crippen LogP contribution in [-0.4, -0.2) is 49.5 Å². The lowest BCUT2D eigenvalue weighted by Gasteiger charge is -2.32.